The van der Waals surface area contributed by atoms with E-state index in [1.165, 1.54) is 12.8 Å². The van der Waals surface area contributed by atoms with E-state index < -0.39 is 0 Å². The molecular weight excluding hydrogens is 222 g/mol. The highest BCUT2D eigenvalue weighted by atomic mass is 35.5. The second-order valence-electron chi connectivity index (χ2n) is 4.51. The van der Waals surface area contributed by atoms with Crippen LogP contribution in [0.2, 0.25) is 0 Å². The first-order valence-electron chi connectivity index (χ1n) is 5.85. The Kier molecular flexibility index (Phi) is 3.64. The number of aromatic nitrogens is 2. The number of nitrogens with zero attached hydrogens (tertiary/aromatic N) is 3. The molecule has 0 bridgehead atoms. The van der Waals surface area contributed by atoms with Crippen LogP contribution in [0.4, 0.5) is 5.82 Å². The number of alkyl halides is 1. The van der Waals surface area contributed by atoms with Crippen molar-refractivity contribution in [1.82, 2.24) is 10.2 Å². The number of anilines is 1. The van der Waals surface area contributed by atoms with Crippen molar-refractivity contribution < 1.29 is 0 Å². The van der Waals surface area contributed by atoms with Gasteiger partial charge in [-0.15, -0.1) is 16.7 Å². The van der Waals surface area contributed by atoms with Crippen LogP contribution in [0.3, 0.4) is 0 Å². The van der Waals surface area contributed by atoms with Crippen LogP contribution in [-0.2, 0) is 0 Å². The van der Waals surface area contributed by atoms with Gasteiger partial charge in [0.1, 0.15) is 0 Å². The lowest BCUT2D eigenvalue weighted by Gasteiger charge is -2.35. The van der Waals surface area contributed by atoms with E-state index >= 15 is 0 Å². The zero-order valence-electron chi connectivity index (χ0n) is 9.86. The first kappa shape index (κ1) is 11.6. The molecule has 2 atom stereocenters. The normalized spacial score (nSPS) is 25.4. The van der Waals surface area contributed by atoms with Crippen molar-refractivity contribution in [3.8, 4) is 0 Å². The molecule has 2 unspecified atom stereocenters. The molecule has 0 aliphatic heterocycles. The van der Waals surface area contributed by atoms with Crippen molar-refractivity contribution in [3.63, 3.8) is 0 Å². The molecule has 1 aliphatic rings. The zero-order chi connectivity index (χ0) is 11.5. The molecule has 1 aliphatic carbocycles. The molecule has 88 valence electrons. The fraction of sp³-hybridized carbons (Fsp3) is 0.667. The van der Waals surface area contributed by atoms with Crippen molar-refractivity contribution in [2.45, 2.75) is 44.0 Å². The Morgan fingerprint density at radius 1 is 1.25 bits per heavy atom. The largest absolute Gasteiger partial charge is 0.354 e. The van der Waals surface area contributed by atoms with E-state index in [1.807, 2.05) is 19.1 Å². The molecule has 4 heteroatoms. The van der Waals surface area contributed by atoms with Gasteiger partial charge in [0.2, 0.25) is 0 Å². The highest BCUT2D eigenvalue weighted by molar-refractivity contribution is 6.21. The molecule has 2 rings (SSSR count). The van der Waals surface area contributed by atoms with Crippen molar-refractivity contribution >= 4 is 17.4 Å². The number of hydrogen-bond donors (Lipinski definition) is 0. The zero-order valence-corrected chi connectivity index (χ0v) is 10.6. The molecule has 0 amide bonds. The topological polar surface area (TPSA) is 29.0 Å². The van der Waals surface area contributed by atoms with Crippen molar-refractivity contribution in [3.05, 3.63) is 17.8 Å². The Labute approximate surface area is 102 Å². The maximum atomic E-state index is 6.37. The van der Waals surface area contributed by atoms with E-state index in [0.29, 0.717) is 6.04 Å². The molecule has 16 heavy (non-hydrogen) atoms. The average Bonchev–Trinajstić information content (AvgIpc) is 2.30. The van der Waals surface area contributed by atoms with Gasteiger partial charge in [0.05, 0.1) is 11.1 Å². The van der Waals surface area contributed by atoms with Crippen LogP contribution in [0.25, 0.3) is 0 Å². The summed E-state index contributed by atoms with van der Waals surface area (Å²) in [5, 5.41) is 8.53. The minimum Gasteiger partial charge on any atom is -0.354 e. The molecule has 1 aromatic heterocycles. The van der Waals surface area contributed by atoms with Gasteiger partial charge in [0, 0.05) is 13.1 Å². The predicted molar refractivity (Wildman–Crippen MR) is 67.1 cm³/mol. The molecule has 1 heterocycles. The molecule has 0 aromatic carbocycles. The van der Waals surface area contributed by atoms with Gasteiger partial charge < -0.3 is 4.90 Å². The van der Waals surface area contributed by atoms with Gasteiger partial charge in [-0.05, 0) is 31.9 Å². The second kappa shape index (κ2) is 5.00. The van der Waals surface area contributed by atoms with E-state index in [1.54, 1.807) is 0 Å². The SMILES string of the molecule is Cc1ccc(N(C)C2CCCCC2Cl)nn1. The van der Waals surface area contributed by atoms with Crippen LogP contribution in [0.15, 0.2) is 12.1 Å². The third-order valence-corrected chi connectivity index (χ3v) is 3.80. The Hall–Kier alpha value is -0.830. The van der Waals surface area contributed by atoms with Crippen molar-refractivity contribution in [2.24, 2.45) is 0 Å². The lowest BCUT2D eigenvalue weighted by Crippen LogP contribution is -2.41. The third-order valence-electron chi connectivity index (χ3n) is 3.29. The molecule has 0 saturated heterocycles. The minimum absolute atomic E-state index is 0.238. The van der Waals surface area contributed by atoms with Crippen LogP contribution in [0, 0.1) is 6.92 Å². The Bertz CT molecular complexity index is 339. The summed E-state index contributed by atoms with van der Waals surface area (Å²) in [6, 6.07) is 4.40. The highest BCUT2D eigenvalue weighted by Gasteiger charge is 2.27. The van der Waals surface area contributed by atoms with Crippen molar-refractivity contribution in [2.75, 3.05) is 11.9 Å². The van der Waals surface area contributed by atoms with Gasteiger partial charge in [-0.2, -0.15) is 5.10 Å². The molecule has 0 N–H and O–H groups in total. The Balaban J connectivity index is 2.11. The quantitative estimate of drug-likeness (QED) is 0.744. The summed E-state index contributed by atoms with van der Waals surface area (Å²) in [6.07, 6.45) is 4.77. The Morgan fingerprint density at radius 3 is 2.62 bits per heavy atom. The maximum Gasteiger partial charge on any atom is 0.151 e. The lowest BCUT2D eigenvalue weighted by atomic mass is 9.94. The summed E-state index contributed by atoms with van der Waals surface area (Å²) in [5.74, 6) is 0.920. The molecule has 1 fully saturated rings. The monoisotopic (exact) mass is 239 g/mol. The number of hydrogen-bond acceptors (Lipinski definition) is 3. The number of aryl methyl sites for hydroxylation is 1. The van der Waals surface area contributed by atoms with Gasteiger partial charge in [-0.3, -0.25) is 0 Å². The third kappa shape index (κ3) is 2.46. The predicted octanol–water partition coefficient (Wildman–Crippen LogP) is 2.77. The number of rotatable bonds is 2. The van der Waals surface area contributed by atoms with Crippen LogP contribution in [-0.4, -0.2) is 28.7 Å². The van der Waals surface area contributed by atoms with Gasteiger partial charge >= 0.3 is 0 Å². The van der Waals surface area contributed by atoms with Crippen LogP contribution >= 0.6 is 11.6 Å². The van der Waals surface area contributed by atoms with Crippen LogP contribution < -0.4 is 4.90 Å². The van der Waals surface area contributed by atoms with E-state index in [-0.39, 0.29) is 5.38 Å². The molecule has 1 aromatic rings. The summed E-state index contributed by atoms with van der Waals surface area (Å²) in [7, 11) is 2.06. The smallest absolute Gasteiger partial charge is 0.151 e. The van der Waals surface area contributed by atoms with Crippen LogP contribution in [0.5, 0.6) is 0 Å². The summed E-state index contributed by atoms with van der Waals surface area (Å²) >= 11 is 6.37. The van der Waals surface area contributed by atoms with Gasteiger partial charge in [0.25, 0.3) is 0 Å². The molecular formula is C12H18ClN3. The van der Waals surface area contributed by atoms with E-state index in [2.05, 4.69) is 22.1 Å². The Morgan fingerprint density at radius 2 is 2.00 bits per heavy atom. The number of halogens is 1. The summed E-state index contributed by atoms with van der Waals surface area (Å²) < 4.78 is 0. The maximum absolute atomic E-state index is 6.37. The van der Waals surface area contributed by atoms with E-state index in [4.69, 9.17) is 11.6 Å². The highest BCUT2D eigenvalue weighted by Crippen LogP contribution is 2.28. The first-order valence-corrected chi connectivity index (χ1v) is 6.29. The summed E-state index contributed by atoms with van der Waals surface area (Å²) in [4.78, 5) is 2.17. The fourth-order valence-corrected chi connectivity index (χ4v) is 2.70. The van der Waals surface area contributed by atoms with Gasteiger partial charge in [-0.25, -0.2) is 0 Å². The standard InChI is InChI=1S/C12H18ClN3/c1-9-7-8-12(15-14-9)16(2)11-6-4-3-5-10(11)13/h7-8,10-11H,3-6H2,1-2H3. The molecule has 0 radical (unpaired) electrons. The summed E-state index contributed by atoms with van der Waals surface area (Å²) in [6.45, 7) is 1.95. The summed E-state index contributed by atoms with van der Waals surface area (Å²) in [5.41, 5.74) is 0.947. The fourth-order valence-electron chi connectivity index (χ4n) is 2.25. The minimum atomic E-state index is 0.238. The van der Waals surface area contributed by atoms with E-state index in [0.717, 1.165) is 24.4 Å². The average molecular weight is 240 g/mol. The second-order valence-corrected chi connectivity index (χ2v) is 5.07. The first-order chi connectivity index (χ1) is 7.68. The van der Waals surface area contributed by atoms with Crippen LogP contribution in [0.1, 0.15) is 31.4 Å². The molecule has 1 saturated carbocycles. The van der Waals surface area contributed by atoms with E-state index in [9.17, 15) is 0 Å². The van der Waals surface area contributed by atoms with Gasteiger partial charge in [0.15, 0.2) is 5.82 Å². The molecule has 0 spiro atoms. The lowest BCUT2D eigenvalue weighted by molar-refractivity contribution is 0.432. The van der Waals surface area contributed by atoms with Crippen molar-refractivity contribution in [1.29, 1.82) is 0 Å². The van der Waals surface area contributed by atoms with Gasteiger partial charge in [-0.1, -0.05) is 12.8 Å². The molecule has 3 nitrogen and oxygen atoms in total.